The van der Waals surface area contributed by atoms with Crippen molar-refractivity contribution in [2.24, 2.45) is 11.8 Å². The molecule has 2 rings (SSSR count). The van der Waals surface area contributed by atoms with Gasteiger partial charge in [0.15, 0.2) is 0 Å². The highest BCUT2D eigenvalue weighted by Crippen LogP contribution is 2.36. The Labute approximate surface area is 174 Å². The molecule has 1 fully saturated rings. The van der Waals surface area contributed by atoms with Crippen LogP contribution >= 0.6 is 0 Å². The Morgan fingerprint density at radius 1 is 1.28 bits per heavy atom. The van der Waals surface area contributed by atoms with Crippen LogP contribution < -0.4 is 5.32 Å². The van der Waals surface area contributed by atoms with Crippen molar-refractivity contribution < 1.29 is 14.5 Å². The molecule has 29 heavy (non-hydrogen) atoms. The van der Waals surface area contributed by atoms with Crippen LogP contribution in [0.1, 0.15) is 83.6 Å². The van der Waals surface area contributed by atoms with Crippen molar-refractivity contribution in [2.75, 3.05) is 12.4 Å². The lowest BCUT2D eigenvalue weighted by molar-refractivity contribution is -0.384. The summed E-state index contributed by atoms with van der Waals surface area (Å²) in [6, 6.07) is 5.62. The van der Waals surface area contributed by atoms with E-state index in [9.17, 15) is 14.9 Å². The molecule has 1 aliphatic rings. The summed E-state index contributed by atoms with van der Waals surface area (Å²) in [5.41, 5.74) is 1.49. The van der Waals surface area contributed by atoms with Gasteiger partial charge in [-0.3, -0.25) is 14.9 Å². The molecule has 6 nitrogen and oxygen atoms in total. The van der Waals surface area contributed by atoms with Crippen LogP contribution in [0.25, 0.3) is 0 Å². The molecule has 0 amide bonds. The number of methoxy groups -OCH3 is 1. The average molecular weight is 405 g/mol. The Hall–Kier alpha value is -2.11. The van der Waals surface area contributed by atoms with Crippen LogP contribution in [-0.4, -0.2) is 24.0 Å². The van der Waals surface area contributed by atoms with E-state index in [1.807, 2.05) is 19.1 Å². The first-order valence-electron chi connectivity index (χ1n) is 11.0. The van der Waals surface area contributed by atoms with Gasteiger partial charge in [-0.05, 0) is 55.1 Å². The molecular formula is C23H36N2O4. The maximum Gasteiger partial charge on any atom is 0.306 e. The molecule has 2 atom stereocenters. The molecule has 1 aromatic rings. The smallest absolute Gasteiger partial charge is 0.306 e. The number of anilines is 1. The van der Waals surface area contributed by atoms with Crippen LogP contribution in [0.5, 0.6) is 0 Å². The molecule has 1 N–H and O–H groups in total. The number of esters is 1. The van der Waals surface area contributed by atoms with E-state index in [2.05, 4.69) is 19.2 Å². The lowest BCUT2D eigenvalue weighted by atomic mass is 9.80. The minimum Gasteiger partial charge on any atom is -0.469 e. The Kier molecular flexibility index (Phi) is 8.93. The zero-order valence-electron chi connectivity index (χ0n) is 18.3. The molecule has 1 saturated carbocycles. The minimum atomic E-state index is -0.315. The van der Waals surface area contributed by atoms with Gasteiger partial charge in [0.25, 0.3) is 5.69 Å². The molecule has 6 heteroatoms. The van der Waals surface area contributed by atoms with Crippen LogP contribution in [0.2, 0.25) is 0 Å². The number of carbonyl (C=O) groups is 1. The van der Waals surface area contributed by atoms with Gasteiger partial charge >= 0.3 is 5.97 Å². The van der Waals surface area contributed by atoms with Gasteiger partial charge in [-0.1, -0.05) is 46.1 Å². The van der Waals surface area contributed by atoms with E-state index < -0.39 is 0 Å². The van der Waals surface area contributed by atoms with Gasteiger partial charge in [-0.2, -0.15) is 0 Å². The summed E-state index contributed by atoms with van der Waals surface area (Å²) in [5.74, 6) is 0.710. The fourth-order valence-electron chi connectivity index (χ4n) is 4.47. The van der Waals surface area contributed by atoms with Crippen molar-refractivity contribution in [3.8, 4) is 0 Å². The van der Waals surface area contributed by atoms with E-state index >= 15 is 0 Å². The van der Waals surface area contributed by atoms with E-state index in [4.69, 9.17) is 4.74 Å². The van der Waals surface area contributed by atoms with Gasteiger partial charge < -0.3 is 10.1 Å². The third-order valence-electron chi connectivity index (χ3n) is 6.11. The van der Waals surface area contributed by atoms with Gasteiger partial charge in [-0.25, -0.2) is 0 Å². The SMILES string of the molecule is CCC(CC(=O)OC)c1ccc(NC(CC(C)C)C2CCCCC2)c([N+](=O)[O-])c1. The van der Waals surface area contributed by atoms with Crippen LogP contribution in [-0.2, 0) is 9.53 Å². The lowest BCUT2D eigenvalue weighted by Gasteiger charge is -2.33. The Morgan fingerprint density at radius 2 is 1.97 bits per heavy atom. The number of ether oxygens (including phenoxy) is 1. The summed E-state index contributed by atoms with van der Waals surface area (Å²) in [6.07, 6.45) is 8.11. The number of nitro benzene ring substituents is 1. The molecule has 1 aliphatic carbocycles. The molecular weight excluding hydrogens is 368 g/mol. The van der Waals surface area contributed by atoms with E-state index in [0.29, 0.717) is 17.5 Å². The summed E-state index contributed by atoms with van der Waals surface area (Å²) < 4.78 is 4.78. The van der Waals surface area contributed by atoms with Gasteiger partial charge in [0.1, 0.15) is 5.69 Å². The second-order valence-electron chi connectivity index (χ2n) is 8.70. The van der Waals surface area contributed by atoms with Crippen LogP contribution in [0.15, 0.2) is 18.2 Å². The summed E-state index contributed by atoms with van der Waals surface area (Å²) >= 11 is 0. The highest BCUT2D eigenvalue weighted by molar-refractivity contribution is 5.71. The molecule has 0 radical (unpaired) electrons. The van der Waals surface area contributed by atoms with Gasteiger partial charge in [-0.15, -0.1) is 0 Å². The van der Waals surface area contributed by atoms with Gasteiger partial charge in [0, 0.05) is 12.1 Å². The predicted molar refractivity (Wildman–Crippen MR) is 116 cm³/mol. The van der Waals surface area contributed by atoms with Crippen LogP contribution in [0, 0.1) is 22.0 Å². The van der Waals surface area contributed by atoms with Crippen molar-refractivity contribution >= 4 is 17.3 Å². The van der Waals surface area contributed by atoms with E-state index in [-0.39, 0.29) is 35.0 Å². The molecule has 162 valence electrons. The number of hydrogen-bond acceptors (Lipinski definition) is 5. The van der Waals surface area contributed by atoms with E-state index in [0.717, 1.165) is 18.4 Å². The number of benzene rings is 1. The Balaban J connectivity index is 2.27. The molecule has 0 saturated heterocycles. The quantitative estimate of drug-likeness (QED) is 0.291. The fourth-order valence-corrected chi connectivity index (χ4v) is 4.47. The average Bonchev–Trinajstić information content (AvgIpc) is 2.71. The summed E-state index contributed by atoms with van der Waals surface area (Å²) in [5, 5.41) is 15.4. The summed E-state index contributed by atoms with van der Waals surface area (Å²) in [6.45, 7) is 6.38. The van der Waals surface area contributed by atoms with Crippen molar-refractivity contribution in [3.63, 3.8) is 0 Å². The van der Waals surface area contributed by atoms with Crippen molar-refractivity contribution in [3.05, 3.63) is 33.9 Å². The Bertz CT molecular complexity index is 683. The van der Waals surface area contributed by atoms with Crippen molar-refractivity contribution in [1.82, 2.24) is 0 Å². The maximum atomic E-state index is 11.8. The minimum absolute atomic E-state index is 0.0833. The van der Waals surface area contributed by atoms with E-state index in [1.54, 1.807) is 6.07 Å². The molecule has 0 aromatic heterocycles. The number of rotatable bonds is 10. The highest BCUT2D eigenvalue weighted by atomic mass is 16.6. The second-order valence-corrected chi connectivity index (χ2v) is 8.70. The Morgan fingerprint density at radius 3 is 2.52 bits per heavy atom. The number of nitrogens with zero attached hydrogens (tertiary/aromatic N) is 1. The molecule has 0 heterocycles. The molecule has 0 spiro atoms. The first kappa shape index (κ1) is 23.2. The van der Waals surface area contributed by atoms with Crippen molar-refractivity contribution in [1.29, 1.82) is 0 Å². The zero-order valence-corrected chi connectivity index (χ0v) is 18.3. The largest absolute Gasteiger partial charge is 0.469 e. The third-order valence-corrected chi connectivity index (χ3v) is 6.11. The number of nitrogens with one attached hydrogen (secondary N) is 1. The monoisotopic (exact) mass is 404 g/mol. The fraction of sp³-hybridized carbons (Fsp3) is 0.696. The topological polar surface area (TPSA) is 81.5 Å². The molecule has 0 aliphatic heterocycles. The lowest BCUT2D eigenvalue weighted by Crippen LogP contribution is -2.32. The standard InChI is InChI=1S/C23H36N2O4/c1-5-17(15-23(26)29-4)19-11-12-20(22(14-19)25(27)28)24-21(13-16(2)3)18-9-7-6-8-10-18/h11-12,14,16-18,21,24H,5-10,13,15H2,1-4H3. The van der Waals surface area contributed by atoms with Crippen LogP contribution in [0.4, 0.5) is 11.4 Å². The van der Waals surface area contributed by atoms with Crippen LogP contribution in [0.3, 0.4) is 0 Å². The first-order chi connectivity index (χ1) is 13.8. The molecule has 0 bridgehead atoms. The van der Waals surface area contributed by atoms with Crippen molar-refractivity contribution in [2.45, 2.75) is 84.1 Å². The first-order valence-corrected chi connectivity index (χ1v) is 11.0. The van der Waals surface area contributed by atoms with Gasteiger partial charge in [0.05, 0.1) is 18.5 Å². The number of carbonyl (C=O) groups excluding carboxylic acids is 1. The summed E-state index contributed by atoms with van der Waals surface area (Å²) in [7, 11) is 1.37. The number of hydrogen-bond donors (Lipinski definition) is 1. The zero-order chi connectivity index (χ0) is 21.4. The predicted octanol–water partition coefficient (Wildman–Crippen LogP) is 6.06. The third kappa shape index (κ3) is 6.72. The maximum absolute atomic E-state index is 11.8. The van der Waals surface area contributed by atoms with Gasteiger partial charge in [0.2, 0.25) is 0 Å². The normalized spacial score (nSPS) is 17.0. The summed E-state index contributed by atoms with van der Waals surface area (Å²) in [4.78, 5) is 23.2. The molecule has 1 aromatic carbocycles. The molecule has 2 unspecified atom stereocenters. The van der Waals surface area contributed by atoms with E-state index in [1.165, 1.54) is 39.2 Å². The second kappa shape index (κ2) is 11.2. The number of nitro groups is 1. The highest BCUT2D eigenvalue weighted by Gasteiger charge is 2.27.